The second-order valence-electron chi connectivity index (χ2n) is 3.55. The first-order chi connectivity index (χ1) is 8.13. The molecule has 0 fully saturated rings. The molecule has 1 unspecified atom stereocenters. The monoisotopic (exact) mass is 299 g/mol. The standard InChI is InChI=1S/C10H11BrFN5/c1-6(13-2)10-14-15-16-17(10)9-5-7(11)3-4-8(9)12/h3-6,13H,1-2H3. The minimum absolute atomic E-state index is 0.0663. The third kappa shape index (κ3) is 2.34. The summed E-state index contributed by atoms with van der Waals surface area (Å²) >= 11 is 3.30. The molecule has 1 atom stereocenters. The third-order valence-electron chi connectivity index (χ3n) is 2.45. The zero-order chi connectivity index (χ0) is 12.4. The van der Waals surface area contributed by atoms with Gasteiger partial charge in [0.05, 0.1) is 6.04 Å². The number of nitrogens with zero attached hydrogens (tertiary/aromatic N) is 4. The van der Waals surface area contributed by atoms with Crippen LogP contribution in [0.15, 0.2) is 22.7 Å². The topological polar surface area (TPSA) is 55.6 Å². The summed E-state index contributed by atoms with van der Waals surface area (Å²) < 4.78 is 15.9. The van der Waals surface area contributed by atoms with Gasteiger partial charge >= 0.3 is 0 Å². The quantitative estimate of drug-likeness (QED) is 0.940. The molecular weight excluding hydrogens is 289 g/mol. The van der Waals surface area contributed by atoms with Gasteiger partial charge in [0, 0.05) is 4.47 Å². The highest BCUT2D eigenvalue weighted by molar-refractivity contribution is 9.10. The van der Waals surface area contributed by atoms with Crippen LogP contribution < -0.4 is 5.32 Å². The first-order valence-corrected chi connectivity index (χ1v) is 5.83. The van der Waals surface area contributed by atoms with Crippen LogP contribution in [-0.4, -0.2) is 27.3 Å². The van der Waals surface area contributed by atoms with E-state index in [-0.39, 0.29) is 11.9 Å². The Hall–Kier alpha value is -1.34. The fraction of sp³-hybridized carbons (Fsp3) is 0.300. The zero-order valence-corrected chi connectivity index (χ0v) is 10.9. The number of rotatable bonds is 3. The van der Waals surface area contributed by atoms with Gasteiger partial charge in [0.15, 0.2) is 5.82 Å². The Balaban J connectivity index is 2.53. The number of benzene rings is 1. The van der Waals surface area contributed by atoms with E-state index in [1.165, 1.54) is 10.7 Å². The molecule has 0 spiro atoms. The van der Waals surface area contributed by atoms with Gasteiger partial charge in [-0.2, -0.15) is 4.68 Å². The second-order valence-corrected chi connectivity index (χ2v) is 4.47. The first-order valence-electron chi connectivity index (χ1n) is 5.04. The van der Waals surface area contributed by atoms with Crippen molar-refractivity contribution in [3.8, 4) is 5.69 Å². The van der Waals surface area contributed by atoms with E-state index in [1.807, 2.05) is 6.92 Å². The normalized spacial score (nSPS) is 12.7. The molecule has 17 heavy (non-hydrogen) atoms. The molecule has 2 aromatic rings. The first kappa shape index (κ1) is 12.1. The molecule has 1 heterocycles. The van der Waals surface area contributed by atoms with Crippen LogP contribution in [0, 0.1) is 5.82 Å². The molecule has 0 aliphatic heterocycles. The maximum Gasteiger partial charge on any atom is 0.173 e. The fourth-order valence-corrected chi connectivity index (χ4v) is 1.76. The SMILES string of the molecule is CNC(C)c1nnnn1-c1cc(Br)ccc1F. The summed E-state index contributed by atoms with van der Waals surface area (Å²) in [5, 5.41) is 14.3. The molecule has 1 N–H and O–H groups in total. The third-order valence-corrected chi connectivity index (χ3v) is 2.94. The lowest BCUT2D eigenvalue weighted by Gasteiger charge is -2.10. The van der Waals surface area contributed by atoms with Gasteiger partial charge in [-0.1, -0.05) is 15.9 Å². The van der Waals surface area contributed by atoms with Crippen molar-refractivity contribution < 1.29 is 4.39 Å². The van der Waals surface area contributed by atoms with Gasteiger partial charge in [-0.05, 0) is 42.6 Å². The largest absolute Gasteiger partial charge is 0.311 e. The minimum atomic E-state index is -0.370. The Morgan fingerprint density at radius 1 is 1.47 bits per heavy atom. The van der Waals surface area contributed by atoms with Crippen LogP contribution in [0.2, 0.25) is 0 Å². The van der Waals surface area contributed by atoms with E-state index in [1.54, 1.807) is 19.2 Å². The molecule has 0 radical (unpaired) electrons. The van der Waals surface area contributed by atoms with Crippen LogP contribution in [0.3, 0.4) is 0 Å². The van der Waals surface area contributed by atoms with Crippen LogP contribution in [0.5, 0.6) is 0 Å². The summed E-state index contributed by atoms with van der Waals surface area (Å²) in [5.41, 5.74) is 0.321. The number of nitrogens with one attached hydrogen (secondary N) is 1. The summed E-state index contributed by atoms with van der Waals surface area (Å²) in [6, 6.07) is 4.57. The van der Waals surface area contributed by atoms with Crippen molar-refractivity contribution in [1.82, 2.24) is 25.5 Å². The summed E-state index contributed by atoms with van der Waals surface area (Å²) in [4.78, 5) is 0. The van der Waals surface area contributed by atoms with E-state index in [0.29, 0.717) is 11.5 Å². The number of aromatic nitrogens is 4. The average molecular weight is 300 g/mol. The van der Waals surface area contributed by atoms with Gasteiger partial charge in [-0.15, -0.1) is 5.10 Å². The molecule has 0 saturated carbocycles. The summed E-state index contributed by atoms with van der Waals surface area (Å²) in [5.74, 6) is 0.189. The smallest absolute Gasteiger partial charge is 0.173 e. The molecule has 5 nitrogen and oxygen atoms in total. The van der Waals surface area contributed by atoms with Gasteiger partial charge in [-0.3, -0.25) is 0 Å². The molecule has 90 valence electrons. The van der Waals surface area contributed by atoms with Crippen molar-refractivity contribution in [3.63, 3.8) is 0 Å². The predicted molar refractivity (Wildman–Crippen MR) is 64.3 cm³/mol. The molecule has 0 amide bonds. The lowest BCUT2D eigenvalue weighted by Crippen LogP contribution is -2.18. The van der Waals surface area contributed by atoms with Gasteiger partial charge in [0.1, 0.15) is 11.5 Å². The second kappa shape index (κ2) is 4.89. The van der Waals surface area contributed by atoms with Gasteiger partial charge in [0.25, 0.3) is 0 Å². The number of tetrazole rings is 1. The average Bonchev–Trinajstić information content (AvgIpc) is 2.80. The summed E-state index contributed by atoms with van der Waals surface area (Å²) in [6.07, 6.45) is 0. The molecule has 0 bridgehead atoms. The van der Waals surface area contributed by atoms with Crippen LogP contribution >= 0.6 is 15.9 Å². The Morgan fingerprint density at radius 2 is 2.24 bits per heavy atom. The van der Waals surface area contributed by atoms with Crippen molar-refractivity contribution in [3.05, 3.63) is 34.3 Å². The lowest BCUT2D eigenvalue weighted by atomic mass is 10.2. The predicted octanol–water partition coefficient (Wildman–Crippen LogP) is 1.84. The van der Waals surface area contributed by atoms with E-state index in [9.17, 15) is 4.39 Å². The van der Waals surface area contributed by atoms with Crippen LogP contribution in [0.4, 0.5) is 4.39 Å². The Labute approximate surface area is 106 Å². The van der Waals surface area contributed by atoms with Crippen molar-refractivity contribution in [2.75, 3.05) is 7.05 Å². The Kier molecular flexibility index (Phi) is 3.49. The highest BCUT2D eigenvalue weighted by atomic mass is 79.9. The molecule has 1 aromatic carbocycles. The molecular formula is C10H11BrFN5. The van der Waals surface area contributed by atoms with Crippen molar-refractivity contribution >= 4 is 15.9 Å². The van der Waals surface area contributed by atoms with Crippen molar-refractivity contribution in [2.24, 2.45) is 0 Å². The molecule has 2 rings (SSSR count). The number of halogens is 2. The molecule has 0 saturated heterocycles. The van der Waals surface area contributed by atoms with Crippen LogP contribution in [0.1, 0.15) is 18.8 Å². The van der Waals surface area contributed by atoms with Gasteiger partial charge in [-0.25, -0.2) is 4.39 Å². The zero-order valence-electron chi connectivity index (χ0n) is 9.35. The molecule has 0 aliphatic rings. The van der Waals surface area contributed by atoms with E-state index < -0.39 is 0 Å². The van der Waals surface area contributed by atoms with Crippen molar-refractivity contribution in [1.29, 1.82) is 0 Å². The Bertz CT molecular complexity index is 527. The highest BCUT2D eigenvalue weighted by Crippen LogP contribution is 2.20. The van der Waals surface area contributed by atoms with Crippen LogP contribution in [-0.2, 0) is 0 Å². The minimum Gasteiger partial charge on any atom is -0.311 e. The fourth-order valence-electron chi connectivity index (χ4n) is 1.41. The molecule has 7 heteroatoms. The van der Waals surface area contributed by atoms with Gasteiger partial charge < -0.3 is 5.32 Å². The van der Waals surface area contributed by atoms with Crippen molar-refractivity contribution in [2.45, 2.75) is 13.0 Å². The number of hydrogen-bond donors (Lipinski definition) is 1. The van der Waals surface area contributed by atoms with E-state index in [0.717, 1.165) is 4.47 Å². The summed E-state index contributed by atoms with van der Waals surface area (Å²) in [7, 11) is 1.79. The number of hydrogen-bond acceptors (Lipinski definition) is 4. The highest BCUT2D eigenvalue weighted by Gasteiger charge is 2.16. The molecule has 1 aromatic heterocycles. The van der Waals surface area contributed by atoms with E-state index >= 15 is 0 Å². The maximum atomic E-state index is 13.7. The summed E-state index contributed by atoms with van der Waals surface area (Å²) in [6.45, 7) is 1.90. The lowest BCUT2D eigenvalue weighted by molar-refractivity contribution is 0.566. The maximum absolute atomic E-state index is 13.7. The van der Waals surface area contributed by atoms with Crippen LogP contribution in [0.25, 0.3) is 5.69 Å². The van der Waals surface area contributed by atoms with E-state index in [4.69, 9.17) is 0 Å². The van der Waals surface area contributed by atoms with Gasteiger partial charge in [0.2, 0.25) is 0 Å². The Morgan fingerprint density at radius 3 is 2.94 bits per heavy atom. The van der Waals surface area contributed by atoms with E-state index in [2.05, 4.69) is 36.8 Å². The molecule has 0 aliphatic carbocycles.